The standard InChI is InChI=1S/C21H29N3O3/c1-14(2)24-13-21(19(24)15-3-5-17(25)6-4-15)7-9-23(10-8-21)20(27)16-11-18(26)22-12-16/h3-6,14,16,19,25H,7-13H2,1-2H3,(H,22,26). The summed E-state index contributed by atoms with van der Waals surface area (Å²) < 4.78 is 0. The minimum absolute atomic E-state index is 0.0132. The number of phenols is 1. The van der Waals surface area contributed by atoms with Crippen LogP contribution in [0, 0.1) is 11.3 Å². The van der Waals surface area contributed by atoms with Crippen LogP contribution in [-0.2, 0) is 9.59 Å². The molecule has 2 N–H and O–H groups in total. The van der Waals surface area contributed by atoms with Crippen LogP contribution in [0.5, 0.6) is 5.75 Å². The molecule has 3 aliphatic heterocycles. The van der Waals surface area contributed by atoms with Crippen molar-refractivity contribution in [3.8, 4) is 5.75 Å². The number of rotatable bonds is 3. The number of carbonyl (C=O) groups excluding carboxylic acids is 2. The Balaban J connectivity index is 1.46. The normalized spacial score (nSPS) is 27.7. The number of amides is 2. The largest absolute Gasteiger partial charge is 0.508 e. The highest BCUT2D eigenvalue weighted by Crippen LogP contribution is 2.55. The molecule has 146 valence electrons. The van der Waals surface area contributed by atoms with E-state index in [0.717, 1.165) is 32.5 Å². The van der Waals surface area contributed by atoms with Gasteiger partial charge in [-0.25, -0.2) is 0 Å². The number of aromatic hydroxyl groups is 1. The molecule has 3 fully saturated rings. The first kappa shape index (κ1) is 18.3. The summed E-state index contributed by atoms with van der Waals surface area (Å²) in [4.78, 5) is 28.6. The van der Waals surface area contributed by atoms with Gasteiger partial charge in [0.05, 0.1) is 5.92 Å². The monoisotopic (exact) mass is 371 g/mol. The van der Waals surface area contributed by atoms with Gasteiger partial charge in [-0.05, 0) is 44.4 Å². The fraction of sp³-hybridized carbons (Fsp3) is 0.619. The fourth-order valence-corrected chi connectivity index (χ4v) is 5.11. The van der Waals surface area contributed by atoms with Gasteiger partial charge in [0.25, 0.3) is 0 Å². The summed E-state index contributed by atoms with van der Waals surface area (Å²) in [5.74, 6) is 0.224. The second-order valence-corrected chi connectivity index (χ2v) is 8.65. The van der Waals surface area contributed by atoms with Crippen molar-refractivity contribution in [2.75, 3.05) is 26.2 Å². The number of nitrogens with one attached hydrogen (secondary N) is 1. The average Bonchev–Trinajstić information content (AvgIpc) is 3.07. The van der Waals surface area contributed by atoms with Crippen molar-refractivity contribution in [2.45, 2.75) is 45.2 Å². The summed E-state index contributed by atoms with van der Waals surface area (Å²) in [6.45, 7) is 7.53. The summed E-state index contributed by atoms with van der Waals surface area (Å²) in [6.07, 6.45) is 2.31. The zero-order valence-corrected chi connectivity index (χ0v) is 16.1. The summed E-state index contributed by atoms with van der Waals surface area (Å²) in [5.41, 5.74) is 1.44. The van der Waals surface area contributed by atoms with Crippen LogP contribution in [0.3, 0.4) is 0 Å². The topological polar surface area (TPSA) is 72.9 Å². The third-order valence-electron chi connectivity index (χ3n) is 6.68. The minimum atomic E-state index is -0.187. The third kappa shape index (κ3) is 3.20. The smallest absolute Gasteiger partial charge is 0.227 e. The molecule has 6 heteroatoms. The third-order valence-corrected chi connectivity index (χ3v) is 6.68. The van der Waals surface area contributed by atoms with Crippen molar-refractivity contribution in [3.05, 3.63) is 29.8 Å². The minimum Gasteiger partial charge on any atom is -0.508 e. The zero-order chi connectivity index (χ0) is 19.2. The van der Waals surface area contributed by atoms with E-state index in [-0.39, 0.29) is 23.1 Å². The van der Waals surface area contributed by atoms with Gasteiger partial charge in [0.2, 0.25) is 11.8 Å². The van der Waals surface area contributed by atoms with Gasteiger partial charge in [-0.2, -0.15) is 0 Å². The first-order chi connectivity index (χ1) is 12.9. The Hall–Kier alpha value is -2.08. The first-order valence-electron chi connectivity index (χ1n) is 10.00. The van der Waals surface area contributed by atoms with Crippen molar-refractivity contribution in [1.82, 2.24) is 15.1 Å². The summed E-state index contributed by atoms with van der Waals surface area (Å²) in [6, 6.07) is 8.40. The molecule has 0 radical (unpaired) electrons. The molecule has 27 heavy (non-hydrogen) atoms. The van der Waals surface area contributed by atoms with Gasteiger partial charge >= 0.3 is 0 Å². The van der Waals surface area contributed by atoms with E-state index in [1.165, 1.54) is 5.56 Å². The van der Waals surface area contributed by atoms with E-state index in [4.69, 9.17) is 0 Å². The van der Waals surface area contributed by atoms with Gasteiger partial charge < -0.3 is 15.3 Å². The molecule has 1 aromatic rings. The molecule has 0 saturated carbocycles. The van der Waals surface area contributed by atoms with E-state index in [1.807, 2.05) is 17.0 Å². The molecular formula is C21H29N3O3. The van der Waals surface area contributed by atoms with Crippen molar-refractivity contribution in [2.24, 2.45) is 11.3 Å². The Morgan fingerprint density at radius 2 is 1.89 bits per heavy atom. The van der Waals surface area contributed by atoms with Crippen LogP contribution in [-0.4, -0.2) is 58.9 Å². The number of phenolic OH excluding ortho intramolecular Hbond substituents is 1. The summed E-state index contributed by atoms with van der Waals surface area (Å²) in [7, 11) is 0. The molecule has 2 unspecified atom stereocenters. The second kappa shape index (κ2) is 6.82. The maximum atomic E-state index is 12.7. The lowest BCUT2D eigenvalue weighted by molar-refractivity contribution is -0.150. The highest BCUT2D eigenvalue weighted by Gasteiger charge is 2.55. The highest BCUT2D eigenvalue weighted by molar-refractivity contribution is 5.89. The number of hydrogen-bond donors (Lipinski definition) is 2. The molecule has 2 atom stereocenters. The van der Waals surface area contributed by atoms with Crippen LogP contribution in [0.4, 0.5) is 0 Å². The molecule has 3 saturated heterocycles. The molecule has 0 bridgehead atoms. The predicted octanol–water partition coefficient (Wildman–Crippen LogP) is 1.90. The van der Waals surface area contributed by atoms with Crippen LogP contribution in [0.1, 0.15) is 44.7 Å². The van der Waals surface area contributed by atoms with E-state index in [2.05, 4.69) is 24.1 Å². The number of carbonyl (C=O) groups is 2. The fourth-order valence-electron chi connectivity index (χ4n) is 5.11. The predicted molar refractivity (Wildman–Crippen MR) is 102 cm³/mol. The van der Waals surface area contributed by atoms with E-state index in [1.54, 1.807) is 12.1 Å². The Morgan fingerprint density at radius 3 is 2.44 bits per heavy atom. The number of likely N-dealkylation sites (tertiary alicyclic amines) is 2. The lowest BCUT2D eigenvalue weighted by atomic mass is 9.62. The van der Waals surface area contributed by atoms with E-state index >= 15 is 0 Å². The summed E-state index contributed by atoms with van der Waals surface area (Å²) in [5, 5.41) is 12.4. The van der Waals surface area contributed by atoms with Crippen LogP contribution in [0.2, 0.25) is 0 Å². The lowest BCUT2D eigenvalue weighted by Gasteiger charge is -2.62. The molecular weight excluding hydrogens is 342 g/mol. The molecule has 0 aromatic heterocycles. The van der Waals surface area contributed by atoms with Gasteiger partial charge in [-0.1, -0.05) is 12.1 Å². The molecule has 3 aliphatic rings. The Labute approximate surface area is 160 Å². The second-order valence-electron chi connectivity index (χ2n) is 8.65. The quantitative estimate of drug-likeness (QED) is 0.851. The number of piperidine rings is 1. The van der Waals surface area contributed by atoms with Crippen LogP contribution >= 0.6 is 0 Å². The van der Waals surface area contributed by atoms with Crippen LogP contribution < -0.4 is 5.32 Å². The van der Waals surface area contributed by atoms with Gasteiger partial charge in [0.1, 0.15) is 5.75 Å². The number of benzene rings is 1. The number of nitrogens with zero attached hydrogens (tertiary/aromatic N) is 2. The average molecular weight is 371 g/mol. The molecule has 1 aromatic carbocycles. The molecule has 3 heterocycles. The number of hydrogen-bond acceptors (Lipinski definition) is 4. The lowest BCUT2D eigenvalue weighted by Crippen LogP contribution is -2.64. The SMILES string of the molecule is CC(C)N1CC2(CCN(C(=O)C3CNC(=O)C3)CC2)C1c1ccc(O)cc1. The van der Waals surface area contributed by atoms with Gasteiger partial charge in [0.15, 0.2) is 0 Å². The maximum absolute atomic E-state index is 12.7. The maximum Gasteiger partial charge on any atom is 0.227 e. The van der Waals surface area contributed by atoms with Gasteiger partial charge in [0, 0.05) is 50.1 Å². The molecule has 0 aliphatic carbocycles. The van der Waals surface area contributed by atoms with Crippen molar-refractivity contribution in [3.63, 3.8) is 0 Å². The van der Waals surface area contributed by atoms with E-state index in [9.17, 15) is 14.7 Å². The molecule has 6 nitrogen and oxygen atoms in total. The molecule has 2 amide bonds. The zero-order valence-electron chi connectivity index (χ0n) is 16.1. The molecule has 1 spiro atoms. The Kier molecular flexibility index (Phi) is 4.62. The van der Waals surface area contributed by atoms with E-state index in [0.29, 0.717) is 30.8 Å². The molecule has 4 rings (SSSR count). The Bertz CT molecular complexity index is 723. The van der Waals surface area contributed by atoms with Crippen molar-refractivity contribution < 1.29 is 14.7 Å². The van der Waals surface area contributed by atoms with Gasteiger partial charge in [-0.15, -0.1) is 0 Å². The van der Waals surface area contributed by atoms with Gasteiger partial charge in [-0.3, -0.25) is 14.5 Å². The van der Waals surface area contributed by atoms with Crippen molar-refractivity contribution in [1.29, 1.82) is 0 Å². The first-order valence-corrected chi connectivity index (χ1v) is 10.00. The Morgan fingerprint density at radius 1 is 1.22 bits per heavy atom. The van der Waals surface area contributed by atoms with Crippen LogP contribution in [0.15, 0.2) is 24.3 Å². The highest BCUT2D eigenvalue weighted by atomic mass is 16.3. The van der Waals surface area contributed by atoms with E-state index < -0.39 is 0 Å². The van der Waals surface area contributed by atoms with Crippen LogP contribution in [0.25, 0.3) is 0 Å². The summed E-state index contributed by atoms with van der Waals surface area (Å²) >= 11 is 0. The van der Waals surface area contributed by atoms with Crippen molar-refractivity contribution >= 4 is 11.8 Å².